The zero-order chi connectivity index (χ0) is 78.9. The van der Waals surface area contributed by atoms with E-state index in [2.05, 4.69) is 251 Å². The van der Waals surface area contributed by atoms with Gasteiger partial charge in [-0.2, -0.15) is 66.5 Å². The van der Waals surface area contributed by atoms with Gasteiger partial charge in [-0.15, -0.1) is 7.05 Å². The van der Waals surface area contributed by atoms with Crippen molar-refractivity contribution in [3.8, 4) is 0 Å². The zero-order valence-electron chi connectivity index (χ0n) is 74.8. The van der Waals surface area contributed by atoms with Gasteiger partial charge < -0.3 is 98.3 Å². The summed E-state index contributed by atoms with van der Waals surface area (Å²) in [5.41, 5.74) is 16.3. The molecule has 0 spiro atoms. The van der Waals surface area contributed by atoms with E-state index in [1.165, 1.54) is 62.6 Å². The molecule has 2 aliphatic carbocycles. The molecule has 4 aromatic carbocycles. The van der Waals surface area contributed by atoms with Crippen molar-refractivity contribution in [2.24, 2.45) is 21.7 Å². The first kappa shape index (κ1) is 133. The molecule has 2 saturated heterocycles. The van der Waals surface area contributed by atoms with Gasteiger partial charge in [-0.3, -0.25) is 17.3 Å². The average Bonchev–Trinajstić information content (AvgIpc) is 0.777. The number of allylic oxidation sites excluding steroid dienone is 12. The molecular formula is C92H140B2F8N3O5Zn4-5. The molecular weight excluding hydrogens is 1660 g/mol. The van der Waals surface area contributed by atoms with E-state index in [4.69, 9.17) is 27.8 Å². The molecule has 2 radical (unpaired) electrons. The topological polar surface area (TPSA) is 99.3 Å². The number of halogens is 8. The zero-order valence-corrected chi connectivity index (χ0v) is 86.7. The van der Waals surface area contributed by atoms with E-state index in [1.807, 2.05) is 45.2 Å². The fraction of sp³-hybridized carbons (Fsp3) is 0.435. The Hall–Kier alpha value is -4.68. The summed E-state index contributed by atoms with van der Waals surface area (Å²) in [6, 6.07) is 29.3. The van der Waals surface area contributed by atoms with Gasteiger partial charge in [0.1, 0.15) is 26.4 Å². The minimum Gasteiger partial charge on any atom is -0.692 e. The quantitative estimate of drug-likeness (QED) is 0.0362. The smallest absolute Gasteiger partial charge is 0.692 e. The number of rotatable bonds is 15. The first-order valence-corrected chi connectivity index (χ1v) is 35.0. The van der Waals surface area contributed by atoms with Crippen molar-refractivity contribution < 1.29 is 147 Å². The van der Waals surface area contributed by atoms with Crippen molar-refractivity contribution in [3.05, 3.63) is 282 Å². The molecule has 2 aliphatic heterocycles. The normalized spacial score (nSPS) is 14.0. The molecule has 2 unspecified atom stereocenters. The SMILES string of the molecule is C.C=c1cc(C)c(=C(O)C(C)(C)[C-](C)C)c(C)c1.C=c1cc(C)c(=C([N-]C)C(C)(C)[C-](C)C)c(C)c1.CCC(Cc1ccccc1)(C(O)=C1C(C)=CC(=[N+]2CCOCC2)C=C1C)[C-](C)C.CCC(Cc1ccccc1)(C(O)=C1C(C)=CC(=[N+]2CCOCC2)C=C1C)[C-](C)C.FF.FF.F[B]F.F[B]F.[CH3-].[CH3-].[CH3-].[CH3-].[CH3-].[CH3-].[Zn+2].[Zn+2].[Zn].[Zn]. The Labute approximate surface area is 742 Å². The Morgan fingerprint density at radius 3 is 0.921 bits per heavy atom. The second-order valence-electron chi connectivity index (χ2n) is 28.5. The van der Waals surface area contributed by atoms with Crippen LogP contribution in [0.4, 0.5) is 35.6 Å². The van der Waals surface area contributed by atoms with Crippen LogP contribution in [-0.4, -0.2) is 111 Å². The Bertz CT molecular complexity index is 3600. The minimum absolute atomic E-state index is 0. The number of aryl methyl sites for hydroxylation is 4. The molecule has 2 fully saturated rings. The first-order valence-electron chi connectivity index (χ1n) is 35.0. The molecule has 2 heterocycles. The second-order valence-corrected chi connectivity index (χ2v) is 28.5. The van der Waals surface area contributed by atoms with Crippen molar-refractivity contribution in [3.63, 3.8) is 0 Å². The van der Waals surface area contributed by atoms with Crippen LogP contribution in [-0.2, 0) is 100 Å². The molecule has 0 aromatic heterocycles. The fourth-order valence-electron chi connectivity index (χ4n) is 13.6. The first-order chi connectivity index (χ1) is 48.5. The van der Waals surface area contributed by atoms with Gasteiger partial charge in [0.25, 0.3) is 0 Å². The maximum absolute atomic E-state index is 11.7. The van der Waals surface area contributed by atoms with Crippen molar-refractivity contribution in [1.82, 2.24) is 0 Å². The van der Waals surface area contributed by atoms with Crippen LogP contribution in [0.25, 0.3) is 29.9 Å². The van der Waals surface area contributed by atoms with Crippen molar-refractivity contribution in [2.45, 2.75) is 185 Å². The number of morpholine rings is 2. The van der Waals surface area contributed by atoms with E-state index in [0.29, 0.717) is 17.3 Å². The molecule has 2 atom stereocenters. The van der Waals surface area contributed by atoms with Crippen LogP contribution in [0.3, 0.4) is 0 Å². The largest absolute Gasteiger partial charge is 2.00 e. The summed E-state index contributed by atoms with van der Waals surface area (Å²) in [6.45, 7) is 61.5. The maximum atomic E-state index is 11.7. The van der Waals surface area contributed by atoms with E-state index in [-0.39, 0.29) is 152 Å². The van der Waals surface area contributed by atoms with E-state index in [9.17, 15) is 32.6 Å². The monoisotopic (exact) mass is 1800 g/mol. The van der Waals surface area contributed by atoms with E-state index in [0.717, 1.165) is 144 Å². The number of hydrogen-bond donors (Lipinski definition) is 3. The van der Waals surface area contributed by atoms with Gasteiger partial charge in [0.2, 0.25) is 11.4 Å². The molecule has 4 aromatic rings. The fourth-order valence-corrected chi connectivity index (χ4v) is 13.6. The third-order valence-electron chi connectivity index (χ3n) is 20.6. The molecule has 0 bridgehead atoms. The Morgan fingerprint density at radius 1 is 0.456 bits per heavy atom. The van der Waals surface area contributed by atoms with Gasteiger partial charge in [0.05, 0.1) is 17.3 Å². The molecule has 22 heteroatoms. The van der Waals surface area contributed by atoms with Gasteiger partial charge in [-0.1, -0.05) is 176 Å². The summed E-state index contributed by atoms with van der Waals surface area (Å²) in [5.74, 6) is 6.54. The van der Waals surface area contributed by atoms with Crippen LogP contribution in [0.2, 0.25) is 0 Å². The number of nitrogens with zero attached hydrogens (tertiary/aromatic N) is 3. The van der Waals surface area contributed by atoms with Gasteiger partial charge in [0, 0.05) is 97.9 Å². The summed E-state index contributed by atoms with van der Waals surface area (Å²) in [7, 11) is -0.114. The van der Waals surface area contributed by atoms with E-state index < -0.39 is 15.7 Å². The van der Waals surface area contributed by atoms with E-state index in [1.54, 1.807) is 0 Å². The third-order valence-corrected chi connectivity index (χ3v) is 20.6. The number of aliphatic hydroxyl groups is 3. The van der Waals surface area contributed by atoms with Crippen LogP contribution in [0.5, 0.6) is 0 Å². The predicted molar refractivity (Wildman–Crippen MR) is 463 cm³/mol. The molecule has 0 saturated carbocycles. The van der Waals surface area contributed by atoms with Gasteiger partial charge >= 0.3 is 54.6 Å². The standard InChI is InChI=1S/2C26H34NO2.C17H25N.C16H23O.CH4.6CH3.2BF2.2F2.4Zn/c2*1-6-26(19(2)3,18-22-10-8-7-9-11-22)25(28)24-20(4)16-23(17-21(24)5)27-12-14-29-15-13-27;1-11(2)17(6,7)16(18-8)15-13(4)9-12(3)10-14(15)5;1-10(2)16(6,7)15(17)14-12(4)8-11(3)9-13(14)5;;;;;;;;2*2-1-3;2*1-2;;;;/h2*7-11,16-17H,6,12-15,18H2,1-5H3;9-10H,3H2,1-2,4-8H3;8-9,17H,3H2,1-2,4-7H3;1H4;6*1H3;;;;;;;;/q2*-1;-2;-1;;6*-1;;;;;;;2*+2/p+2. The summed E-state index contributed by atoms with van der Waals surface area (Å²) in [5, 5.41) is 42.8. The molecule has 8 nitrogen and oxygen atoms in total. The Morgan fingerprint density at radius 2 is 0.702 bits per heavy atom. The number of benzene rings is 4. The van der Waals surface area contributed by atoms with Crippen LogP contribution in [0, 0.1) is 118 Å². The Kier molecular flexibility index (Phi) is 75.9. The van der Waals surface area contributed by atoms with Crippen LogP contribution >= 0.6 is 0 Å². The van der Waals surface area contributed by atoms with Gasteiger partial charge in [-0.25, -0.2) is 9.15 Å². The summed E-state index contributed by atoms with van der Waals surface area (Å²) >= 11 is 0. The molecule has 628 valence electrons. The van der Waals surface area contributed by atoms with E-state index >= 15 is 0 Å². The second kappa shape index (κ2) is 65.2. The third kappa shape index (κ3) is 36.9. The molecule has 0 amide bonds. The summed E-state index contributed by atoms with van der Waals surface area (Å²) in [4.78, 5) is 0. The van der Waals surface area contributed by atoms with Crippen LogP contribution in [0.15, 0.2) is 154 Å². The molecule has 4 aliphatic rings. The maximum Gasteiger partial charge on any atom is 2.00 e. The van der Waals surface area contributed by atoms with Gasteiger partial charge in [-0.05, 0) is 140 Å². The minimum atomic E-state index is -1.00. The molecule has 8 rings (SSSR count). The number of ether oxygens (including phenoxy) is 2. The summed E-state index contributed by atoms with van der Waals surface area (Å²) < 4.78 is 85.7. The number of aliphatic hydroxyl groups excluding tert-OH is 3. The van der Waals surface area contributed by atoms with Crippen molar-refractivity contribution >= 4 is 51.7 Å². The summed E-state index contributed by atoms with van der Waals surface area (Å²) in [6.07, 6.45) is 12.2. The Balaban J connectivity index is -0.000000131. The average molecular weight is 1800 g/mol. The van der Waals surface area contributed by atoms with Crippen LogP contribution < -0.4 is 20.9 Å². The molecule has 3 N–H and O–H groups in total. The predicted octanol–water partition coefficient (Wildman–Crippen LogP) is 23.3. The van der Waals surface area contributed by atoms with Crippen molar-refractivity contribution in [1.29, 1.82) is 0 Å². The molecule has 114 heavy (non-hydrogen) atoms. The van der Waals surface area contributed by atoms with Crippen LogP contribution in [0.1, 0.15) is 178 Å². The van der Waals surface area contributed by atoms with Crippen molar-refractivity contribution in [2.75, 3.05) is 59.7 Å². The number of hydrogen-bond acceptors (Lipinski definition) is 5. The van der Waals surface area contributed by atoms with Gasteiger partial charge in [0.15, 0.2) is 26.2 Å².